The van der Waals surface area contributed by atoms with Crippen LogP contribution in [0.15, 0.2) is 42.5 Å². The number of hydrogen-bond acceptors (Lipinski definition) is 2. The van der Waals surface area contributed by atoms with Gasteiger partial charge in [0.2, 0.25) is 0 Å². The molecule has 0 amide bonds. The quantitative estimate of drug-likeness (QED) is 0.941. The first-order valence-electron chi connectivity index (χ1n) is 7.21. The smallest absolute Gasteiger partial charge is 0.307 e. The van der Waals surface area contributed by atoms with E-state index in [4.69, 9.17) is 9.84 Å². The van der Waals surface area contributed by atoms with Crippen molar-refractivity contribution < 1.29 is 19.0 Å². The average molecular weight is 300 g/mol. The fourth-order valence-electron chi connectivity index (χ4n) is 2.99. The Balaban J connectivity index is 1.77. The molecule has 2 aromatic carbocycles. The van der Waals surface area contributed by atoms with Crippen molar-refractivity contribution in [2.75, 3.05) is 0 Å². The minimum Gasteiger partial charge on any atom is -0.487 e. The first kappa shape index (κ1) is 14.6. The zero-order valence-corrected chi connectivity index (χ0v) is 12.3. The molecular formula is C18H17FO3. The van der Waals surface area contributed by atoms with Crippen molar-refractivity contribution >= 4 is 5.97 Å². The molecule has 0 aromatic heterocycles. The Morgan fingerprint density at radius 1 is 1.23 bits per heavy atom. The van der Waals surface area contributed by atoms with Crippen molar-refractivity contribution in [3.8, 4) is 5.75 Å². The van der Waals surface area contributed by atoms with Crippen LogP contribution in [0.1, 0.15) is 23.6 Å². The van der Waals surface area contributed by atoms with E-state index in [0.717, 1.165) is 22.4 Å². The topological polar surface area (TPSA) is 46.5 Å². The molecule has 0 fully saturated rings. The third-order valence-electron chi connectivity index (χ3n) is 3.89. The van der Waals surface area contributed by atoms with Gasteiger partial charge in [0.05, 0.1) is 6.42 Å². The molecule has 3 rings (SSSR count). The van der Waals surface area contributed by atoms with E-state index in [1.54, 1.807) is 18.2 Å². The first-order chi connectivity index (χ1) is 10.4. The summed E-state index contributed by atoms with van der Waals surface area (Å²) in [7, 11) is 0. The van der Waals surface area contributed by atoms with Crippen molar-refractivity contribution in [1.29, 1.82) is 0 Å². The molecule has 0 saturated heterocycles. The molecule has 0 bridgehead atoms. The van der Waals surface area contributed by atoms with Gasteiger partial charge in [0.25, 0.3) is 0 Å². The molecule has 22 heavy (non-hydrogen) atoms. The Bertz CT molecular complexity index is 709. The predicted octanol–water partition coefficient (Wildman–Crippen LogP) is 3.39. The molecule has 1 heterocycles. The van der Waals surface area contributed by atoms with E-state index >= 15 is 0 Å². The number of ether oxygens (including phenoxy) is 1. The molecule has 1 N–H and O–H groups in total. The number of halogens is 1. The summed E-state index contributed by atoms with van der Waals surface area (Å²) in [4.78, 5) is 10.8. The number of aliphatic carboxylic acids is 1. The van der Waals surface area contributed by atoms with Gasteiger partial charge in [-0.05, 0) is 41.8 Å². The van der Waals surface area contributed by atoms with Gasteiger partial charge in [0.15, 0.2) is 0 Å². The maximum Gasteiger partial charge on any atom is 0.307 e. The summed E-state index contributed by atoms with van der Waals surface area (Å²) in [6.07, 6.45) is 1.41. The van der Waals surface area contributed by atoms with E-state index in [1.165, 1.54) is 12.1 Å². The number of benzene rings is 2. The molecule has 1 atom stereocenters. The highest BCUT2D eigenvalue weighted by Gasteiger charge is 2.35. The molecule has 1 aliphatic heterocycles. The monoisotopic (exact) mass is 300 g/mol. The normalized spacial score (nSPS) is 19.5. The highest BCUT2D eigenvalue weighted by atomic mass is 19.1. The van der Waals surface area contributed by atoms with Crippen LogP contribution in [-0.4, -0.2) is 16.7 Å². The van der Waals surface area contributed by atoms with E-state index in [9.17, 15) is 9.18 Å². The van der Waals surface area contributed by atoms with Crippen molar-refractivity contribution in [3.63, 3.8) is 0 Å². The minimum absolute atomic E-state index is 0.0158. The second kappa shape index (κ2) is 5.44. The Morgan fingerprint density at radius 3 is 2.59 bits per heavy atom. The fourth-order valence-corrected chi connectivity index (χ4v) is 2.99. The summed E-state index contributed by atoms with van der Waals surface area (Å²) in [6, 6.07) is 12.0. The molecule has 0 aliphatic carbocycles. The summed E-state index contributed by atoms with van der Waals surface area (Å²) >= 11 is 0. The van der Waals surface area contributed by atoms with Crippen LogP contribution in [0.5, 0.6) is 5.75 Å². The maximum atomic E-state index is 13.0. The van der Waals surface area contributed by atoms with Crippen LogP contribution in [0.4, 0.5) is 4.39 Å². The summed E-state index contributed by atoms with van der Waals surface area (Å²) in [6.45, 7) is 2.02. The Hall–Kier alpha value is -2.36. The number of carbonyl (C=O) groups is 1. The standard InChI is InChI=1S/C18H17FO3/c1-18(10-12-2-5-15(19)6-3-12)11-14-8-13(9-17(20)21)4-7-16(14)22-18/h2-8H,9-11H2,1H3,(H,20,21). The molecule has 4 heteroatoms. The summed E-state index contributed by atoms with van der Waals surface area (Å²) < 4.78 is 19.0. The van der Waals surface area contributed by atoms with Crippen molar-refractivity contribution in [2.45, 2.75) is 31.8 Å². The zero-order chi connectivity index (χ0) is 15.7. The van der Waals surface area contributed by atoms with Gasteiger partial charge in [-0.3, -0.25) is 4.79 Å². The lowest BCUT2D eigenvalue weighted by Crippen LogP contribution is -2.32. The van der Waals surface area contributed by atoms with Gasteiger partial charge in [-0.25, -0.2) is 4.39 Å². The van der Waals surface area contributed by atoms with E-state index in [-0.39, 0.29) is 17.8 Å². The second-order valence-corrected chi connectivity index (χ2v) is 6.04. The lowest BCUT2D eigenvalue weighted by molar-refractivity contribution is -0.136. The predicted molar refractivity (Wildman–Crippen MR) is 80.6 cm³/mol. The number of rotatable bonds is 4. The summed E-state index contributed by atoms with van der Waals surface area (Å²) in [5, 5.41) is 8.87. The van der Waals surface area contributed by atoms with Crippen LogP contribution >= 0.6 is 0 Å². The largest absolute Gasteiger partial charge is 0.487 e. The summed E-state index contributed by atoms with van der Waals surface area (Å²) in [5.74, 6) is -0.283. The molecule has 3 nitrogen and oxygen atoms in total. The highest BCUT2D eigenvalue weighted by Crippen LogP contribution is 2.37. The van der Waals surface area contributed by atoms with Crippen LogP contribution in [-0.2, 0) is 24.1 Å². The second-order valence-electron chi connectivity index (χ2n) is 6.04. The van der Waals surface area contributed by atoms with Gasteiger partial charge in [0.1, 0.15) is 17.2 Å². The van der Waals surface area contributed by atoms with Crippen LogP contribution in [0.25, 0.3) is 0 Å². The molecule has 1 unspecified atom stereocenters. The number of carboxylic acids is 1. The van der Waals surface area contributed by atoms with Crippen molar-refractivity contribution in [2.24, 2.45) is 0 Å². The zero-order valence-electron chi connectivity index (χ0n) is 12.3. The van der Waals surface area contributed by atoms with E-state index in [0.29, 0.717) is 12.8 Å². The highest BCUT2D eigenvalue weighted by molar-refractivity contribution is 5.70. The molecule has 114 valence electrons. The van der Waals surface area contributed by atoms with Crippen LogP contribution in [0.3, 0.4) is 0 Å². The number of fused-ring (bicyclic) bond motifs is 1. The Morgan fingerprint density at radius 2 is 1.91 bits per heavy atom. The summed E-state index contributed by atoms with van der Waals surface area (Å²) in [5.41, 5.74) is 2.44. The average Bonchev–Trinajstić information content (AvgIpc) is 2.76. The lowest BCUT2D eigenvalue weighted by atomic mass is 9.91. The number of carboxylic acid groups (broad SMARTS) is 1. The fraction of sp³-hybridized carbons (Fsp3) is 0.278. The number of hydrogen-bond donors (Lipinski definition) is 1. The minimum atomic E-state index is -0.840. The third kappa shape index (κ3) is 3.11. The lowest BCUT2D eigenvalue weighted by Gasteiger charge is -2.24. The van der Waals surface area contributed by atoms with Gasteiger partial charge in [0, 0.05) is 12.8 Å². The van der Waals surface area contributed by atoms with Crippen molar-refractivity contribution in [1.82, 2.24) is 0 Å². The van der Waals surface area contributed by atoms with Gasteiger partial charge in [-0.15, -0.1) is 0 Å². The molecule has 0 spiro atoms. The molecular weight excluding hydrogens is 283 g/mol. The maximum absolute atomic E-state index is 13.0. The van der Waals surface area contributed by atoms with Gasteiger partial charge >= 0.3 is 5.97 Å². The van der Waals surface area contributed by atoms with E-state index in [2.05, 4.69) is 0 Å². The Labute approximate surface area is 128 Å². The molecule has 0 saturated carbocycles. The van der Waals surface area contributed by atoms with E-state index < -0.39 is 5.97 Å². The van der Waals surface area contributed by atoms with Crippen LogP contribution in [0, 0.1) is 5.82 Å². The third-order valence-corrected chi connectivity index (χ3v) is 3.89. The molecule has 0 radical (unpaired) electrons. The van der Waals surface area contributed by atoms with Gasteiger partial charge < -0.3 is 9.84 Å². The van der Waals surface area contributed by atoms with Gasteiger partial charge in [-0.1, -0.05) is 24.3 Å². The first-order valence-corrected chi connectivity index (χ1v) is 7.21. The SMILES string of the molecule is CC1(Cc2ccc(F)cc2)Cc2cc(CC(=O)O)ccc2O1. The van der Waals surface area contributed by atoms with E-state index in [1.807, 2.05) is 19.1 Å². The molecule has 2 aromatic rings. The molecule has 1 aliphatic rings. The van der Waals surface area contributed by atoms with Crippen LogP contribution < -0.4 is 4.74 Å². The van der Waals surface area contributed by atoms with Crippen molar-refractivity contribution in [3.05, 3.63) is 65.0 Å². The Kier molecular flexibility index (Phi) is 3.61. The van der Waals surface area contributed by atoms with Gasteiger partial charge in [-0.2, -0.15) is 0 Å². The van der Waals surface area contributed by atoms with Crippen LogP contribution in [0.2, 0.25) is 0 Å².